The normalized spacial score (nSPS) is 20.5. The molecule has 5 rings (SSSR count). The molecular formula is C29H36ClF2N5O5S. The van der Waals surface area contributed by atoms with E-state index in [9.17, 15) is 31.6 Å². The zero-order valence-corrected chi connectivity index (χ0v) is 25.4. The molecule has 0 bridgehead atoms. The third-order valence-corrected chi connectivity index (χ3v) is 9.47. The van der Waals surface area contributed by atoms with Gasteiger partial charge in [-0.2, -0.15) is 0 Å². The maximum atomic E-state index is 13.7. The predicted octanol–water partition coefficient (Wildman–Crippen LogP) is 3.58. The van der Waals surface area contributed by atoms with Crippen molar-refractivity contribution in [2.75, 3.05) is 39.0 Å². The highest BCUT2D eigenvalue weighted by atomic mass is 35.5. The summed E-state index contributed by atoms with van der Waals surface area (Å²) in [5, 5.41) is 5.82. The fourth-order valence-corrected chi connectivity index (χ4v) is 6.44. The number of likely N-dealkylation sites (tertiary alicyclic amines) is 2. The lowest BCUT2D eigenvalue weighted by molar-refractivity contribution is -0.133. The lowest BCUT2D eigenvalue weighted by atomic mass is 9.87. The van der Waals surface area contributed by atoms with E-state index in [2.05, 4.69) is 15.5 Å². The molecule has 3 fully saturated rings. The Labute approximate surface area is 256 Å². The minimum Gasteiger partial charge on any atom is -0.331 e. The summed E-state index contributed by atoms with van der Waals surface area (Å²) >= 11 is 0. The molecule has 3 aliphatic rings. The number of piperidine rings is 1. The molecule has 2 N–H and O–H groups in total. The van der Waals surface area contributed by atoms with Crippen LogP contribution in [-0.4, -0.2) is 91.5 Å². The first-order chi connectivity index (χ1) is 19.9. The molecule has 0 aliphatic carbocycles. The summed E-state index contributed by atoms with van der Waals surface area (Å²) in [6, 6.07) is 14.1. The highest BCUT2D eigenvalue weighted by Gasteiger charge is 2.52. The zero-order chi connectivity index (χ0) is 30.1. The molecule has 3 aliphatic heterocycles. The number of nitrogens with one attached hydrogen (secondary N) is 2. The van der Waals surface area contributed by atoms with Crippen LogP contribution in [0, 0.1) is 0 Å². The first kappa shape index (κ1) is 32.6. The average molecular weight is 640 g/mol. The molecule has 10 nitrogen and oxygen atoms in total. The van der Waals surface area contributed by atoms with Gasteiger partial charge in [0.1, 0.15) is 5.54 Å². The Bertz CT molecular complexity index is 1440. The molecule has 234 valence electrons. The Kier molecular flexibility index (Phi) is 9.67. The molecule has 0 saturated carbocycles. The number of carbonyl (C=O) groups is 3. The summed E-state index contributed by atoms with van der Waals surface area (Å²) in [7, 11) is -3.35. The topological polar surface area (TPSA) is 119 Å². The molecule has 1 spiro atoms. The minimum atomic E-state index is -3.35. The number of hydrogen-bond acceptors (Lipinski definition) is 6. The molecule has 3 heterocycles. The largest absolute Gasteiger partial charge is 0.331 e. The van der Waals surface area contributed by atoms with Gasteiger partial charge in [-0.15, -0.1) is 12.4 Å². The molecule has 5 amide bonds. The number of nitrogens with zero attached hydrogens (tertiary/aromatic N) is 3. The summed E-state index contributed by atoms with van der Waals surface area (Å²) in [6.07, 6.45) is 2.17. The molecular weight excluding hydrogens is 604 g/mol. The molecule has 0 aromatic heterocycles. The highest BCUT2D eigenvalue weighted by molar-refractivity contribution is 7.90. The molecule has 0 radical (unpaired) electrons. The van der Waals surface area contributed by atoms with Gasteiger partial charge in [0, 0.05) is 38.9 Å². The number of hydrogen-bond donors (Lipinski definition) is 2. The van der Waals surface area contributed by atoms with Crippen LogP contribution in [0.5, 0.6) is 0 Å². The second-order valence-electron chi connectivity index (χ2n) is 11.4. The average Bonchev–Trinajstić information content (AvgIpc) is 3.43. The van der Waals surface area contributed by atoms with E-state index in [1.165, 1.54) is 17.0 Å². The Morgan fingerprint density at radius 3 is 2.23 bits per heavy atom. The van der Waals surface area contributed by atoms with Crippen molar-refractivity contribution in [3.8, 4) is 0 Å². The summed E-state index contributed by atoms with van der Waals surface area (Å²) in [5.41, 5.74) is 0.532. The number of benzene rings is 2. The number of rotatable bonds is 8. The van der Waals surface area contributed by atoms with Gasteiger partial charge >= 0.3 is 12.1 Å². The van der Waals surface area contributed by atoms with Crippen LogP contribution in [0.15, 0.2) is 59.5 Å². The molecule has 43 heavy (non-hydrogen) atoms. The number of urea groups is 2. The van der Waals surface area contributed by atoms with Crippen LogP contribution in [0.2, 0.25) is 0 Å². The molecule has 1 atom stereocenters. The summed E-state index contributed by atoms with van der Waals surface area (Å²) in [6.45, 7) is 1.17. The van der Waals surface area contributed by atoms with Crippen LogP contribution in [0.3, 0.4) is 0 Å². The second-order valence-corrected chi connectivity index (χ2v) is 13.4. The Balaban J connectivity index is 0.00000423. The molecule has 3 saturated heterocycles. The fourth-order valence-electron chi connectivity index (χ4n) is 5.81. The van der Waals surface area contributed by atoms with Crippen LogP contribution in [0.4, 0.5) is 18.4 Å². The Morgan fingerprint density at radius 1 is 1.00 bits per heavy atom. The first-order valence-corrected chi connectivity index (χ1v) is 15.9. The lowest BCUT2D eigenvalue weighted by Gasteiger charge is -2.38. The third-order valence-electron chi connectivity index (χ3n) is 8.34. The summed E-state index contributed by atoms with van der Waals surface area (Å²) in [4.78, 5) is 43.6. The van der Waals surface area contributed by atoms with Gasteiger partial charge in [0.25, 0.3) is 11.8 Å². The van der Waals surface area contributed by atoms with Gasteiger partial charge in [-0.3, -0.25) is 9.69 Å². The van der Waals surface area contributed by atoms with Crippen LogP contribution in [0.25, 0.3) is 0 Å². The zero-order valence-electron chi connectivity index (χ0n) is 23.8. The fraction of sp³-hybridized carbons (Fsp3) is 0.483. The van der Waals surface area contributed by atoms with E-state index in [1.54, 1.807) is 12.1 Å². The highest BCUT2D eigenvalue weighted by Crippen LogP contribution is 2.32. The van der Waals surface area contributed by atoms with E-state index >= 15 is 0 Å². The quantitative estimate of drug-likeness (QED) is 0.427. The van der Waals surface area contributed by atoms with Gasteiger partial charge in [-0.1, -0.05) is 42.5 Å². The standard InChI is InChI=1S/C29H35F2N5O5S.ClH/c1-42(40,41)23-9-7-21(8-10-23)19-36-25(37)28(33-27(36)39)12-16-34(17-13-28)15-11-24(22-5-3-2-4-6-22)32-26(38)35-18-14-29(30,31)20-35;/h2-10,24H,11-20H2,1H3,(H,32,38)(H,33,39);1H/t24-;/m0./s1. The number of alkyl halides is 2. The minimum absolute atomic E-state index is 0. The van der Waals surface area contributed by atoms with E-state index in [0.717, 1.165) is 16.7 Å². The molecule has 2 aromatic carbocycles. The van der Waals surface area contributed by atoms with Crippen LogP contribution >= 0.6 is 12.4 Å². The third kappa shape index (κ3) is 7.44. The first-order valence-electron chi connectivity index (χ1n) is 14.0. The number of carbonyl (C=O) groups excluding carboxylic acids is 3. The van der Waals surface area contributed by atoms with E-state index in [0.29, 0.717) is 44.5 Å². The van der Waals surface area contributed by atoms with Crippen LogP contribution < -0.4 is 10.6 Å². The number of amides is 5. The molecule has 14 heteroatoms. The van der Waals surface area contributed by atoms with Crippen molar-refractivity contribution >= 4 is 40.2 Å². The van der Waals surface area contributed by atoms with Crippen molar-refractivity contribution in [2.24, 2.45) is 0 Å². The van der Waals surface area contributed by atoms with E-state index < -0.39 is 39.9 Å². The van der Waals surface area contributed by atoms with Crippen LogP contribution in [0.1, 0.15) is 42.9 Å². The van der Waals surface area contributed by atoms with Crippen molar-refractivity contribution in [3.05, 3.63) is 65.7 Å². The van der Waals surface area contributed by atoms with E-state index in [1.807, 2.05) is 30.3 Å². The Hall–Kier alpha value is -3.29. The number of imide groups is 1. The van der Waals surface area contributed by atoms with Crippen LogP contribution in [-0.2, 0) is 21.2 Å². The Morgan fingerprint density at radius 2 is 1.65 bits per heavy atom. The summed E-state index contributed by atoms with van der Waals surface area (Å²) in [5.74, 6) is -3.16. The van der Waals surface area contributed by atoms with Crippen molar-refractivity contribution in [1.82, 2.24) is 25.3 Å². The van der Waals surface area contributed by atoms with Gasteiger partial charge < -0.3 is 20.4 Å². The van der Waals surface area contributed by atoms with E-state index in [4.69, 9.17) is 0 Å². The van der Waals surface area contributed by atoms with Gasteiger partial charge in [0.2, 0.25) is 0 Å². The predicted molar refractivity (Wildman–Crippen MR) is 158 cm³/mol. The van der Waals surface area contributed by atoms with E-state index in [-0.39, 0.29) is 48.8 Å². The smallest absolute Gasteiger partial charge is 0.325 e. The van der Waals surface area contributed by atoms with Crippen molar-refractivity contribution in [3.63, 3.8) is 0 Å². The van der Waals surface area contributed by atoms with Crippen molar-refractivity contribution in [1.29, 1.82) is 0 Å². The summed E-state index contributed by atoms with van der Waals surface area (Å²) < 4.78 is 50.8. The van der Waals surface area contributed by atoms with Gasteiger partial charge in [-0.05, 0) is 42.5 Å². The van der Waals surface area contributed by atoms with Crippen molar-refractivity contribution in [2.45, 2.75) is 54.6 Å². The molecule has 2 aromatic rings. The lowest BCUT2D eigenvalue weighted by Crippen LogP contribution is -2.55. The maximum absolute atomic E-state index is 13.7. The van der Waals surface area contributed by atoms with Gasteiger partial charge in [0.15, 0.2) is 9.84 Å². The number of sulfone groups is 1. The SMILES string of the molecule is CS(=O)(=O)c1ccc(CN2C(=O)NC3(CCN(CC[C@H](NC(=O)N4CCC(F)(F)C4)c4ccccc4)CC3)C2=O)cc1.Cl. The monoisotopic (exact) mass is 639 g/mol. The van der Waals surface area contributed by atoms with Gasteiger partial charge in [-0.25, -0.2) is 26.8 Å². The number of halogens is 3. The molecule has 0 unspecified atom stereocenters. The maximum Gasteiger partial charge on any atom is 0.325 e. The van der Waals surface area contributed by atoms with Crippen molar-refractivity contribution < 1.29 is 31.6 Å². The van der Waals surface area contributed by atoms with Gasteiger partial charge in [0.05, 0.1) is 24.0 Å². The second kappa shape index (κ2) is 12.7.